The van der Waals surface area contributed by atoms with Gasteiger partial charge in [-0.1, -0.05) is 11.6 Å². The minimum Gasteiger partial charge on any atom is -0.854 e. The number of halogens is 13. The first kappa shape index (κ1) is 29.2. The molecular formula is C17H9ClF12N4O2. The monoisotopic (exact) mass is 564 g/mol. The summed E-state index contributed by atoms with van der Waals surface area (Å²) < 4.78 is 162. The first-order valence-electron chi connectivity index (χ1n) is 8.84. The number of ether oxygens (including phenoxy) is 1. The molecule has 2 heterocycles. The highest BCUT2D eigenvalue weighted by atomic mass is 35.5. The van der Waals surface area contributed by atoms with E-state index >= 15 is 0 Å². The Labute approximate surface area is 196 Å². The largest absolute Gasteiger partial charge is 0.854 e. The molecule has 19 heteroatoms. The lowest BCUT2D eigenvalue weighted by atomic mass is 9.94. The molecule has 0 aliphatic rings. The minimum absolute atomic E-state index is 0.442. The van der Waals surface area contributed by atoms with E-state index in [1.54, 1.807) is 0 Å². The summed E-state index contributed by atoms with van der Waals surface area (Å²) >= 11 is 5.59. The van der Waals surface area contributed by atoms with Gasteiger partial charge in [0.1, 0.15) is 5.02 Å². The smallest absolute Gasteiger partial charge is 0.384 e. The van der Waals surface area contributed by atoms with Crippen molar-refractivity contribution in [3.8, 4) is 5.88 Å². The Morgan fingerprint density at radius 3 is 2.11 bits per heavy atom. The van der Waals surface area contributed by atoms with E-state index in [9.17, 15) is 57.8 Å². The van der Waals surface area contributed by atoms with E-state index in [-0.39, 0.29) is 0 Å². The molecule has 200 valence electrons. The number of hydrogen-bond donors (Lipinski definition) is 0. The van der Waals surface area contributed by atoms with Gasteiger partial charge in [0.2, 0.25) is 12.1 Å². The number of hydrogen-bond acceptors (Lipinski definition) is 5. The van der Waals surface area contributed by atoms with Crippen LogP contribution >= 0.6 is 11.6 Å². The topological polar surface area (TPSA) is 74.3 Å². The third-order valence-electron chi connectivity index (χ3n) is 4.18. The molecule has 0 bridgehead atoms. The Hall–Kier alpha value is -3.05. The van der Waals surface area contributed by atoms with Crippen LogP contribution in [0.2, 0.25) is 5.02 Å². The highest BCUT2D eigenvalue weighted by molar-refractivity contribution is 6.32. The summed E-state index contributed by atoms with van der Waals surface area (Å²) in [6, 6.07) is 3.55. The Morgan fingerprint density at radius 2 is 1.61 bits per heavy atom. The average molecular weight is 565 g/mol. The van der Waals surface area contributed by atoms with Crippen molar-refractivity contribution in [1.82, 2.24) is 10.1 Å². The van der Waals surface area contributed by atoms with Gasteiger partial charge in [-0.25, -0.2) is 13.8 Å². The van der Waals surface area contributed by atoms with Crippen molar-refractivity contribution in [2.45, 2.75) is 36.0 Å². The molecule has 0 saturated carbocycles. The second-order valence-corrected chi connectivity index (χ2v) is 7.08. The molecular weight excluding hydrogens is 556 g/mol. The first-order valence-corrected chi connectivity index (χ1v) is 9.22. The quantitative estimate of drug-likeness (QED) is 0.190. The lowest BCUT2D eigenvalue weighted by Crippen LogP contribution is -2.69. The first-order chi connectivity index (χ1) is 16.3. The van der Waals surface area contributed by atoms with Gasteiger partial charge in [0, 0.05) is 28.0 Å². The van der Waals surface area contributed by atoms with Crippen LogP contribution in [-0.2, 0) is 0 Å². The summed E-state index contributed by atoms with van der Waals surface area (Å²) in [5.74, 6) is -38.4. The molecule has 0 aliphatic carbocycles. The predicted octanol–water partition coefficient (Wildman–Crippen LogP) is 3.81. The summed E-state index contributed by atoms with van der Waals surface area (Å²) in [6.45, 7) is -2.90. The van der Waals surface area contributed by atoms with Crippen LogP contribution < -0.4 is 14.6 Å². The summed E-state index contributed by atoms with van der Waals surface area (Å²) in [5.41, 5.74) is -0.442. The number of nitrogens with zero attached hydrogens (tertiary/aromatic N) is 4. The summed E-state index contributed by atoms with van der Waals surface area (Å²) in [4.78, 5) is 3.99. The molecule has 0 saturated heterocycles. The van der Waals surface area contributed by atoms with Gasteiger partial charge in [-0.2, -0.15) is 43.9 Å². The van der Waals surface area contributed by atoms with Crippen molar-refractivity contribution < 1.29 is 67.3 Å². The van der Waals surface area contributed by atoms with Crippen LogP contribution in [0.1, 0.15) is 5.56 Å². The Morgan fingerprint density at radius 1 is 1.00 bits per heavy atom. The molecule has 36 heavy (non-hydrogen) atoms. The summed E-state index contributed by atoms with van der Waals surface area (Å²) in [7, 11) is 0. The molecule has 2 aromatic rings. The summed E-state index contributed by atoms with van der Waals surface area (Å²) in [5, 5.41) is 18.2. The van der Waals surface area contributed by atoms with Gasteiger partial charge in [0.05, 0.1) is 16.9 Å². The van der Waals surface area contributed by atoms with E-state index in [1.165, 1.54) is 24.5 Å². The zero-order chi connectivity index (χ0) is 27.7. The normalized spacial score (nSPS) is 14.3. The van der Waals surface area contributed by atoms with Crippen LogP contribution in [-0.4, -0.2) is 58.6 Å². The van der Waals surface area contributed by atoms with E-state index in [4.69, 9.17) is 11.6 Å². The Bertz CT molecular complexity index is 1100. The zero-order valence-electron chi connectivity index (χ0n) is 16.8. The van der Waals surface area contributed by atoms with Crippen LogP contribution in [0.15, 0.2) is 41.9 Å². The highest BCUT2D eigenvalue weighted by Crippen LogP contribution is 2.58. The second kappa shape index (κ2) is 9.78. The van der Waals surface area contributed by atoms with Crippen LogP contribution in [0, 0.1) is 0 Å². The van der Waals surface area contributed by atoms with Crippen LogP contribution in [0.25, 0.3) is 0 Å². The molecule has 0 amide bonds. The van der Waals surface area contributed by atoms with Gasteiger partial charge < -0.3 is 9.84 Å². The lowest BCUT2D eigenvalue weighted by Gasteiger charge is -2.38. The van der Waals surface area contributed by atoms with E-state index in [0.29, 0.717) is 12.3 Å². The van der Waals surface area contributed by atoms with E-state index in [1.807, 2.05) is 0 Å². The van der Waals surface area contributed by atoms with Crippen molar-refractivity contribution in [2.24, 2.45) is 5.10 Å². The molecule has 0 spiro atoms. The molecule has 0 aromatic carbocycles. The maximum atomic E-state index is 13.8. The van der Waals surface area contributed by atoms with Crippen molar-refractivity contribution in [2.75, 3.05) is 6.61 Å². The fourth-order valence-electron chi connectivity index (χ4n) is 2.20. The standard InChI is InChI=1S/C17H9ClF12N4O2/c18-9-5-8(10(35)33-34-4-2-1-3-32-34)6-31-11(9)36-7-13(21,22)15(25,26)17(29,30)16(27,28)14(23,24)12(19)20/h1-6,12H,7H2. The lowest BCUT2D eigenvalue weighted by molar-refractivity contribution is -0.739. The number of alkyl halides is 12. The predicted molar refractivity (Wildman–Crippen MR) is 91.8 cm³/mol. The van der Waals surface area contributed by atoms with Gasteiger partial charge in [0.25, 0.3) is 0 Å². The molecule has 0 unspecified atom stereocenters. The van der Waals surface area contributed by atoms with E-state index in [0.717, 1.165) is 4.79 Å². The fourth-order valence-corrected chi connectivity index (χ4v) is 2.42. The second-order valence-electron chi connectivity index (χ2n) is 6.67. The molecule has 0 N–H and O–H groups in total. The van der Waals surface area contributed by atoms with Crippen molar-refractivity contribution in [3.63, 3.8) is 0 Å². The zero-order valence-corrected chi connectivity index (χ0v) is 17.5. The van der Waals surface area contributed by atoms with Crippen LogP contribution in [0.3, 0.4) is 0 Å². The van der Waals surface area contributed by atoms with Gasteiger partial charge >= 0.3 is 36.0 Å². The van der Waals surface area contributed by atoms with Crippen molar-refractivity contribution in [1.29, 1.82) is 0 Å². The maximum absolute atomic E-state index is 13.8. The third-order valence-corrected chi connectivity index (χ3v) is 4.45. The average Bonchev–Trinajstić information content (AvgIpc) is 2.78. The van der Waals surface area contributed by atoms with Gasteiger partial charge in [-0.05, 0) is 12.1 Å². The number of rotatable bonds is 10. The van der Waals surface area contributed by atoms with E-state index < -0.39 is 65.0 Å². The van der Waals surface area contributed by atoms with Crippen molar-refractivity contribution in [3.05, 3.63) is 47.4 Å². The SMILES string of the molecule is [O-]C(=N[n+]1ccccn1)c1cnc(OCC(F)(F)C(F)(F)C(F)(F)C(F)(F)C(F)(F)C(F)F)c(Cl)c1. The van der Waals surface area contributed by atoms with Gasteiger partial charge in [-0.3, -0.25) is 0 Å². The summed E-state index contributed by atoms with van der Waals surface area (Å²) in [6.07, 6.45) is -2.59. The fraction of sp³-hybridized carbons (Fsp3) is 0.412. The maximum Gasteiger partial charge on any atom is 0.384 e. The van der Waals surface area contributed by atoms with E-state index in [2.05, 4.69) is 19.9 Å². The highest BCUT2D eigenvalue weighted by Gasteiger charge is 2.87. The molecule has 0 fully saturated rings. The van der Waals surface area contributed by atoms with Crippen molar-refractivity contribution >= 4 is 17.5 Å². The molecule has 6 nitrogen and oxygen atoms in total. The minimum atomic E-state index is -7.69. The molecule has 2 rings (SSSR count). The van der Waals surface area contributed by atoms with Gasteiger partial charge in [-0.15, -0.1) is 0 Å². The molecule has 2 aromatic heterocycles. The van der Waals surface area contributed by atoms with Crippen LogP contribution in [0.4, 0.5) is 52.7 Å². The van der Waals surface area contributed by atoms with Gasteiger partial charge in [0.15, 0.2) is 6.61 Å². The van der Waals surface area contributed by atoms with Crippen LogP contribution in [0.5, 0.6) is 5.88 Å². The third kappa shape index (κ3) is 5.08. The molecule has 0 atom stereocenters. The molecule has 0 radical (unpaired) electrons. The molecule has 0 aliphatic heterocycles. The Balaban J connectivity index is 2.27. The Kier molecular flexibility index (Phi) is 7.93. The number of aromatic nitrogens is 3. The number of pyridine rings is 1.